The molecule has 0 N–H and O–H groups in total. The molecule has 1 amide bonds. The van der Waals surface area contributed by atoms with Gasteiger partial charge in [-0.1, -0.05) is 72.0 Å². The zero-order valence-corrected chi connectivity index (χ0v) is 17.4. The standard InChI is InChI=1S/C24H23N3OS/c1-18-10-6-8-14-21(18)27(24-25-20-13-7-9-15-22(20)29-24)17-23(28)26(2)16-19-11-4-3-5-12-19/h3-15H,16-17H2,1-2H3. The highest BCUT2D eigenvalue weighted by molar-refractivity contribution is 7.22. The molecule has 0 radical (unpaired) electrons. The van der Waals surface area contributed by atoms with Crippen molar-refractivity contribution in [2.45, 2.75) is 13.5 Å². The van der Waals surface area contributed by atoms with Crippen molar-refractivity contribution in [3.05, 3.63) is 90.0 Å². The van der Waals surface area contributed by atoms with Gasteiger partial charge < -0.3 is 9.80 Å². The normalized spacial score (nSPS) is 10.8. The van der Waals surface area contributed by atoms with Gasteiger partial charge in [-0.2, -0.15) is 0 Å². The van der Waals surface area contributed by atoms with E-state index in [2.05, 4.69) is 19.1 Å². The highest BCUT2D eigenvalue weighted by Gasteiger charge is 2.21. The van der Waals surface area contributed by atoms with E-state index in [4.69, 9.17) is 4.98 Å². The minimum absolute atomic E-state index is 0.0522. The van der Waals surface area contributed by atoms with Crippen LogP contribution in [-0.4, -0.2) is 29.4 Å². The van der Waals surface area contributed by atoms with E-state index in [1.54, 1.807) is 16.2 Å². The van der Waals surface area contributed by atoms with Gasteiger partial charge in [0.2, 0.25) is 5.91 Å². The maximum atomic E-state index is 13.1. The fraction of sp³-hybridized carbons (Fsp3) is 0.167. The molecule has 3 aromatic carbocycles. The molecule has 0 spiro atoms. The summed E-state index contributed by atoms with van der Waals surface area (Å²) in [5.41, 5.74) is 4.19. The minimum Gasteiger partial charge on any atom is -0.340 e. The summed E-state index contributed by atoms with van der Waals surface area (Å²) < 4.78 is 1.12. The van der Waals surface area contributed by atoms with Gasteiger partial charge in [-0.25, -0.2) is 4.98 Å². The molecule has 5 heteroatoms. The van der Waals surface area contributed by atoms with Gasteiger partial charge in [0.05, 0.1) is 10.2 Å². The first-order valence-electron chi connectivity index (χ1n) is 9.58. The molecule has 0 fully saturated rings. The van der Waals surface area contributed by atoms with E-state index in [0.29, 0.717) is 6.54 Å². The number of benzene rings is 3. The average Bonchev–Trinajstić information content (AvgIpc) is 3.17. The number of fused-ring (bicyclic) bond motifs is 1. The third kappa shape index (κ3) is 4.30. The van der Waals surface area contributed by atoms with Crippen molar-refractivity contribution in [3.8, 4) is 0 Å². The maximum Gasteiger partial charge on any atom is 0.242 e. The Kier molecular flexibility index (Phi) is 5.58. The van der Waals surface area contributed by atoms with Crippen molar-refractivity contribution in [2.24, 2.45) is 0 Å². The molecule has 1 heterocycles. The van der Waals surface area contributed by atoms with Gasteiger partial charge in [0.1, 0.15) is 6.54 Å². The van der Waals surface area contributed by atoms with E-state index in [1.165, 1.54) is 0 Å². The Balaban J connectivity index is 1.63. The van der Waals surface area contributed by atoms with Crippen molar-refractivity contribution in [1.29, 1.82) is 0 Å². The number of aryl methyl sites for hydroxylation is 1. The third-order valence-corrected chi connectivity index (χ3v) is 5.96. The predicted molar refractivity (Wildman–Crippen MR) is 121 cm³/mol. The lowest BCUT2D eigenvalue weighted by molar-refractivity contribution is -0.128. The highest BCUT2D eigenvalue weighted by Crippen LogP contribution is 2.34. The van der Waals surface area contributed by atoms with Crippen molar-refractivity contribution in [2.75, 3.05) is 18.5 Å². The molecule has 4 nitrogen and oxygen atoms in total. The Hall–Kier alpha value is -3.18. The van der Waals surface area contributed by atoms with Crippen molar-refractivity contribution in [1.82, 2.24) is 9.88 Å². The first kappa shape index (κ1) is 19.2. The number of hydrogen-bond donors (Lipinski definition) is 0. The van der Waals surface area contributed by atoms with Crippen molar-refractivity contribution >= 4 is 38.3 Å². The van der Waals surface area contributed by atoms with Gasteiger partial charge in [0.25, 0.3) is 0 Å². The lowest BCUT2D eigenvalue weighted by atomic mass is 10.2. The summed E-state index contributed by atoms with van der Waals surface area (Å²) >= 11 is 1.61. The summed E-state index contributed by atoms with van der Waals surface area (Å²) in [6.45, 7) is 2.89. The Labute approximate surface area is 175 Å². The average molecular weight is 402 g/mol. The fourth-order valence-electron chi connectivity index (χ4n) is 3.30. The number of nitrogens with zero attached hydrogens (tertiary/aromatic N) is 3. The summed E-state index contributed by atoms with van der Waals surface area (Å²) in [4.78, 5) is 21.7. The third-order valence-electron chi connectivity index (χ3n) is 4.90. The molecule has 0 aliphatic heterocycles. The molecule has 29 heavy (non-hydrogen) atoms. The summed E-state index contributed by atoms with van der Waals surface area (Å²) in [5.74, 6) is 0.0522. The van der Waals surface area contributed by atoms with Crippen LogP contribution in [0.1, 0.15) is 11.1 Å². The first-order chi connectivity index (χ1) is 14.1. The molecule has 0 atom stereocenters. The van der Waals surface area contributed by atoms with E-state index in [1.807, 2.05) is 78.7 Å². The lowest BCUT2D eigenvalue weighted by Gasteiger charge is -2.26. The number of likely N-dealkylation sites (N-methyl/N-ethyl adjacent to an activating group) is 1. The van der Waals surface area contributed by atoms with Gasteiger partial charge in [0.15, 0.2) is 5.13 Å². The van der Waals surface area contributed by atoms with Crippen LogP contribution in [-0.2, 0) is 11.3 Å². The second-order valence-corrected chi connectivity index (χ2v) is 8.08. The van der Waals surface area contributed by atoms with Gasteiger partial charge >= 0.3 is 0 Å². The van der Waals surface area contributed by atoms with E-state index in [-0.39, 0.29) is 12.5 Å². The van der Waals surface area contributed by atoms with Crippen molar-refractivity contribution in [3.63, 3.8) is 0 Å². The Morgan fingerprint density at radius 1 is 0.931 bits per heavy atom. The molecular formula is C24H23N3OS. The van der Waals surface area contributed by atoms with Gasteiger partial charge in [0, 0.05) is 19.3 Å². The van der Waals surface area contributed by atoms with Crippen LogP contribution < -0.4 is 4.90 Å². The number of aromatic nitrogens is 1. The number of anilines is 2. The number of amides is 1. The molecule has 0 saturated heterocycles. The molecule has 0 unspecified atom stereocenters. The SMILES string of the molecule is Cc1ccccc1N(CC(=O)N(C)Cc1ccccc1)c1nc2ccccc2s1. The monoisotopic (exact) mass is 401 g/mol. The molecule has 1 aromatic heterocycles. The van der Waals surface area contributed by atoms with E-state index in [9.17, 15) is 4.79 Å². The molecule has 0 saturated carbocycles. The number of para-hydroxylation sites is 2. The molecule has 4 aromatic rings. The van der Waals surface area contributed by atoms with Crippen LogP contribution in [0.2, 0.25) is 0 Å². The zero-order valence-electron chi connectivity index (χ0n) is 16.6. The minimum atomic E-state index is 0.0522. The van der Waals surface area contributed by atoms with Crippen LogP contribution in [0.25, 0.3) is 10.2 Å². The van der Waals surface area contributed by atoms with Gasteiger partial charge in [-0.05, 0) is 36.2 Å². The van der Waals surface area contributed by atoms with Crippen LogP contribution in [0, 0.1) is 6.92 Å². The summed E-state index contributed by atoms with van der Waals surface area (Å²) in [5, 5.41) is 0.835. The Bertz CT molecular complexity index is 1090. The maximum absolute atomic E-state index is 13.1. The number of carbonyl (C=O) groups is 1. The van der Waals surface area contributed by atoms with Crippen LogP contribution in [0.3, 0.4) is 0 Å². The van der Waals surface area contributed by atoms with E-state index >= 15 is 0 Å². The largest absolute Gasteiger partial charge is 0.340 e. The smallest absolute Gasteiger partial charge is 0.242 e. The Morgan fingerprint density at radius 2 is 1.62 bits per heavy atom. The highest BCUT2D eigenvalue weighted by atomic mass is 32.1. The number of rotatable bonds is 6. The fourth-order valence-corrected chi connectivity index (χ4v) is 4.28. The molecule has 146 valence electrons. The van der Waals surface area contributed by atoms with Gasteiger partial charge in [-0.3, -0.25) is 4.79 Å². The Morgan fingerprint density at radius 3 is 2.38 bits per heavy atom. The lowest BCUT2D eigenvalue weighted by Crippen LogP contribution is -2.36. The van der Waals surface area contributed by atoms with Gasteiger partial charge in [-0.15, -0.1) is 0 Å². The van der Waals surface area contributed by atoms with Crippen LogP contribution in [0.4, 0.5) is 10.8 Å². The molecular weight excluding hydrogens is 378 g/mol. The number of hydrogen-bond acceptors (Lipinski definition) is 4. The first-order valence-corrected chi connectivity index (χ1v) is 10.4. The van der Waals surface area contributed by atoms with Crippen LogP contribution in [0.5, 0.6) is 0 Å². The number of carbonyl (C=O) groups excluding carboxylic acids is 1. The summed E-state index contributed by atoms with van der Waals surface area (Å²) in [7, 11) is 1.85. The van der Waals surface area contributed by atoms with Crippen molar-refractivity contribution < 1.29 is 4.79 Å². The molecule has 0 bridgehead atoms. The molecule has 4 rings (SSSR count). The summed E-state index contributed by atoms with van der Waals surface area (Å²) in [6.07, 6.45) is 0. The van der Waals surface area contributed by atoms with E-state index < -0.39 is 0 Å². The van der Waals surface area contributed by atoms with E-state index in [0.717, 1.165) is 32.2 Å². The zero-order chi connectivity index (χ0) is 20.2. The predicted octanol–water partition coefficient (Wildman–Crippen LogP) is 5.40. The molecule has 0 aliphatic carbocycles. The summed E-state index contributed by atoms with van der Waals surface area (Å²) in [6, 6.07) is 26.3. The quantitative estimate of drug-likeness (QED) is 0.434. The second-order valence-electron chi connectivity index (χ2n) is 7.07. The second kappa shape index (κ2) is 8.45. The molecule has 0 aliphatic rings. The van der Waals surface area contributed by atoms with Crippen LogP contribution in [0.15, 0.2) is 78.9 Å². The topological polar surface area (TPSA) is 36.4 Å². The van der Waals surface area contributed by atoms with Crippen LogP contribution >= 0.6 is 11.3 Å². The number of thiazole rings is 1.